The van der Waals surface area contributed by atoms with Gasteiger partial charge in [-0.3, -0.25) is 19.6 Å². The van der Waals surface area contributed by atoms with Crippen LogP contribution in [0.1, 0.15) is 32.9 Å². The Hall–Kier alpha value is -4.14. The van der Waals surface area contributed by atoms with Crippen LogP contribution in [-0.2, 0) is 6.54 Å². The van der Waals surface area contributed by atoms with Crippen molar-refractivity contribution in [1.82, 2.24) is 19.4 Å². The third-order valence-corrected chi connectivity index (χ3v) is 5.64. The van der Waals surface area contributed by atoms with Crippen LogP contribution in [0.4, 0.5) is 0 Å². The number of ether oxygens (including phenoxy) is 1. The molecule has 0 bridgehead atoms. The Kier molecular flexibility index (Phi) is 5.63. The van der Waals surface area contributed by atoms with Gasteiger partial charge in [-0.15, -0.1) is 0 Å². The minimum atomic E-state index is -0.647. The van der Waals surface area contributed by atoms with Crippen molar-refractivity contribution in [2.24, 2.45) is 0 Å². The normalized spacial score (nSPS) is 11.1. The van der Waals surface area contributed by atoms with Crippen molar-refractivity contribution in [2.45, 2.75) is 27.3 Å². The zero-order valence-electron chi connectivity index (χ0n) is 19.1. The number of pyridine rings is 1. The number of hydrogen-bond acceptors (Lipinski definition) is 6. The number of aromatic amines is 1. The van der Waals surface area contributed by atoms with Gasteiger partial charge in [-0.25, -0.2) is 9.36 Å². The Balaban J connectivity index is 1.80. The molecule has 0 aliphatic carbocycles. The zero-order valence-corrected chi connectivity index (χ0v) is 19.1. The smallest absolute Gasteiger partial charge is 0.335 e. The first-order valence-electron chi connectivity index (χ1n) is 10.3. The standard InChI is InChI=1S/C24H24N4O5/c1-13-11-25-17(14(2)20(13)32-5)12-27(4)22(29)18-15(3)33-21-19(18)23(30)28(24(31)26-21)16-9-7-6-8-10-16/h6-11H,12H2,1-5H3,(H,26,31). The van der Waals surface area contributed by atoms with Crippen LogP contribution in [0.25, 0.3) is 16.8 Å². The van der Waals surface area contributed by atoms with Crippen LogP contribution in [0.3, 0.4) is 0 Å². The molecule has 0 aliphatic heterocycles. The van der Waals surface area contributed by atoms with E-state index in [2.05, 4.69) is 9.97 Å². The summed E-state index contributed by atoms with van der Waals surface area (Å²) >= 11 is 0. The van der Waals surface area contributed by atoms with Crippen molar-refractivity contribution in [3.63, 3.8) is 0 Å². The molecule has 0 fully saturated rings. The summed E-state index contributed by atoms with van der Waals surface area (Å²) in [6, 6.07) is 8.50. The largest absolute Gasteiger partial charge is 0.496 e. The van der Waals surface area contributed by atoms with Crippen LogP contribution in [0.15, 0.2) is 50.5 Å². The van der Waals surface area contributed by atoms with Crippen LogP contribution < -0.4 is 16.0 Å². The molecular weight excluding hydrogens is 424 g/mol. The molecule has 9 heteroatoms. The molecule has 3 heterocycles. The number of furan rings is 1. The molecule has 0 saturated carbocycles. The quantitative estimate of drug-likeness (QED) is 0.503. The molecule has 170 valence electrons. The number of aryl methyl sites for hydroxylation is 2. The highest BCUT2D eigenvalue weighted by atomic mass is 16.5. The van der Waals surface area contributed by atoms with E-state index in [9.17, 15) is 14.4 Å². The van der Waals surface area contributed by atoms with Crippen molar-refractivity contribution < 1.29 is 13.9 Å². The second-order valence-electron chi connectivity index (χ2n) is 7.85. The summed E-state index contributed by atoms with van der Waals surface area (Å²) in [5.74, 6) is 0.538. The second-order valence-corrected chi connectivity index (χ2v) is 7.85. The van der Waals surface area contributed by atoms with E-state index in [1.54, 1.807) is 57.6 Å². The summed E-state index contributed by atoms with van der Waals surface area (Å²) in [5, 5.41) is 0.0268. The maximum Gasteiger partial charge on any atom is 0.335 e. The number of benzene rings is 1. The molecule has 0 aliphatic rings. The van der Waals surface area contributed by atoms with Gasteiger partial charge in [0.25, 0.3) is 11.5 Å². The minimum absolute atomic E-state index is 0.0268. The fraction of sp³-hybridized carbons (Fsp3) is 0.250. The number of methoxy groups -OCH3 is 1. The zero-order chi connectivity index (χ0) is 23.9. The average Bonchev–Trinajstić information content (AvgIpc) is 3.12. The number of aromatic nitrogens is 3. The van der Waals surface area contributed by atoms with Crippen molar-refractivity contribution in [2.75, 3.05) is 14.2 Å². The number of hydrogen-bond donors (Lipinski definition) is 1. The van der Waals surface area contributed by atoms with Gasteiger partial charge in [0, 0.05) is 24.4 Å². The van der Waals surface area contributed by atoms with E-state index in [1.165, 1.54) is 4.90 Å². The Labute approximate surface area is 189 Å². The monoisotopic (exact) mass is 448 g/mol. The maximum absolute atomic E-state index is 13.4. The molecule has 1 aromatic carbocycles. The molecule has 0 atom stereocenters. The minimum Gasteiger partial charge on any atom is -0.496 e. The number of nitrogens with zero attached hydrogens (tertiary/aromatic N) is 3. The van der Waals surface area contributed by atoms with Crippen molar-refractivity contribution >= 4 is 17.0 Å². The molecule has 0 radical (unpaired) electrons. The van der Waals surface area contributed by atoms with Crippen molar-refractivity contribution in [1.29, 1.82) is 0 Å². The highest BCUT2D eigenvalue weighted by Crippen LogP contribution is 2.26. The van der Waals surface area contributed by atoms with Crippen LogP contribution >= 0.6 is 0 Å². The predicted molar refractivity (Wildman–Crippen MR) is 123 cm³/mol. The lowest BCUT2D eigenvalue weighted by Crippen LogP contribution is -2.35. The van der Waals surface area contributed by atoms with Gasteiger partial charge < -0.3 is 14.1 Å². The van der Waals surface area contributed by atoms with Gasteiger partial charge in [0.1, 0.15) is 16.9 Å². The lowest BCUT2D eigenvalue weighted by atomic mass is 10.1. The number of carbonyl (C=O) groups is 1. The van der Waals surface area contributed by atoms with E-state index >= 15 is 0 Å². The lowest BCUT2D eigenvalue weighted by Gasteiger charge is -2.19. The molecule has 9 nitrogen and oxygen atoms in total. The molecule has 33 heavy (non-hydrogen) atoms. The van der Waals surface area contributed by atoms with Crippen LogP contribution in [0.5, 0.6) is 5.75 Å². The molecular formula is C24H24N4O5. The van der Waals surface area contributed by atoms with Crippen LogP contribution in [0.2, 0.25) is 0 Å². The molecule has 0 spiro atoms. The summed E-state index contributed by atoms with van der Waals surface area (Å²) in [5.41, 5.74) is 1.60. The van der Waals surface area contributed by atoms with Crippen molar-refractivity contribution in [3.8, 4) is 11.4 Å². The van der Waals surface area contributed by atoms with Gasteiger partial charge in [-0.1, -0.05) is 18.2 Å². The van der Waals surface area contributed by atoms with E-state index in [-0.39, 0.29) is 29.0 Å². The van der Waals surface area contributed by atoms with E-state index in [0.29, 0.717) is 17.1 Å². The second kappa shape index (κ2) is 8.42. The molecule has 1 amide bonds. The first-order valence-corrected chi connectivity index (χ1v) is 10.3. The Morgan fingerprint density at radius 2 is 1.88 bits per heavy atom. The number of fused-ring (bicyclic) bond motifs is 1. The Bertz CT molecular complexity index is 1480. The molecule has 1 N–H and O–H groups in total. The number of rotatable bonds is 5. The SMILES string of the molecule is COc1c(C)cnc(CN(C)C(=O)c2c(C)oc3[nH]c(=O)n(-c4ccccc4)c(=O)c23)c1C. The van der Waals surface area contributed by atoms with Gasteiger partial charge in [-0.05, 0) is 32.9 Å². The summed E-state index contributed by atoms with van der Waals surface area (Å²) in [7, 11) is 3.21. The first kappa shape index (κ1) is 22.1. The Morgan fingerprint density at radius 3 is 2.55 bits per heavy atom. The topological polar surface area (TPSA) is 110 Å². The number of carbonyl (C=O) groups excluding carboxylic acids is 1. The highest BCUT2D eigenvalue weighted by Gasteiger charge is 2.27. The predicted octanol–water partition coefficient (Wildman–Crippen LogP) is 2.87. The molecule has 0 saturated heterocycles. The molecule has 4 aromatic rings. The number of nitrogens with one attached hydrogen (secondary N) is 1. The molecule has 0 unspecified atom stereocenters. The average molecular weight is 448 g/mol. The van der Waals surface area contributed by atoms with Crippen LogP contribution in [-0.4, -0.2) is 39.5 Å². The van der Waals surface area contributed by atoms with Gasteiger partial charge >= 0.3 is 5.69 Å². The first-order chi connectivity index (χ1) is 15.7. The number of amides is 1. The number of H-pyrrole nitrogens is 1. The van der Waals surface area contributed by atoms with Gasteiger partial charge in [0.2, 0.25) is 5.71 Å². The summed E-state index contributed by atoms with van der Waals surface area (Å²) in [4.78, 5) is 47.8. The van der Waals surface area contributed by atoms with Gasteiger partial charge in [-0.2, -0.15) is 0 Å². The fourth-order valence-corrected chi connectivity index (χ4v) is 3.98. The van der Waals surface area contributed by atoms with Crippen LogP contribution in [0, 0.1) is 20.8 Å². The number of para-hydroxylation sites is 1. The summed E-state index contributed by atoms with van der Waals surface area (Å²) < 4.78 is 12.0. The van der Waals surface area contributed by atoms with E-state index in [4.69, 9.17) is 9.15 Å². The van der Waals surface area contributed by atoms with Gasteiger partial charge in [0.15, 0.2) is 0 Å². The lowest BCUT2D eigenvalue weighted by molar-refractivity contribution is 0.0783. The van der Waals surface area contributed by atoms with E-state index in [0.717, 1.165) is 15.7 Å². The summed E-state index contributed by atoms with van der Waals surface area (Å²) in [6.45, 7) is 5.57. The highest BCUT2D eigenvalue weighted by molar-refractivity contribution is 6.06. The molecule has 4 rings (SSSR count). The Morgan fingerprint density at radius 1 is 1.18 bits per heavy atom. The van der Waals surface area contributed by atoms with E-state index in [1.807, 2.05) is 13.8 Å². The van der Waals surface area contributed by atoms with Crippen molar-refractivity contribution in [3.05, 3.63) is 85.5 Å². The third-order valence-electron chi connectivity index (χ3n) is 5.64. The molecule has 3 aromatic heterocycles. The summed E-state index contributed by atoms with van der Waals surface area (Å²) in [6.07, 6.45) is 1.70. The maximum atomic E-state index is 13.4. The third kappa shape index (κ3) is 3.71. The fourth-order valence-electron chi connectivity index (χ4n) is 3.98. The van der Waals surface area contributed by atoms with E-state index < -0.39 is 17.2 Å². The van der Waals surface area contributed by atoms with Gasteiger partial charge in [0.05, 0.1) is 30.6 Å².